The monoisotopic (exact) mass is 330 g/mol. The Labute approximate surface area is 139 Å². The third kappa shape index (κ3) is 3.40. The molecular formula is C17H19FN4O2. The lowest BCUT2D eigenvalue weighted by Gasteiger charge is -2.36. The Morgan fingerprint density at radius 3 is 2.67 bits per heavy atom. The van der Waals surface area contributed by atoms with Crippen molar-refractivity contribution < 1.29 is 13.9 Å². The summed E-state index contributed by atoms with van der Waals surface area (Å²) in [7, 11) is 1.64. The molecule has 1 N–H and O–H groups in total. The maximum Gasteiger partial charge on any atom is 0.322 e. The molecule has 24 heavy (non-hydrogen) atoms. The van der Waals surface area contributed by atoms with E-state index in [2.05, 4.69) is 15.2 Å². The van der Waals surface area contributed by atoms with Gasteiger partial charge in [-0.2, -0.15) is 0 Å². The topological polar surface area (TPSA) is 57.7 Å². The number of para-hydroxylation sites is 2. The molecule has 1 fully saturated rings. The minimum absolute atomic E-state index is 0.141. The van der Waals surface area contributed by atoms with E-state index in [-0.39, 0.29) is 11.7 Å². The molecule has 1 aliphatic rings. The van der Waals surface area contributed by atoms with Gasteiger partial charge in [-0.1, -0.05) is 12.1 Å². The first kappa shape index (κ1) is 16.0. The van der Waals surface area contributed by atoms with E-state index in [1.54, 1.807) is 12.0 Å². The Hall–Kier alpha value is -2.83. The first-order chi connectivity index (χ1) is 11.7. The molecule has 3 rings (SSSR count). The first-order valence-electron chi connectivity index (χ1n) is 7.72. The number of carbonyl (C=O) groups is 1. The summed E-state index contributed by atoms with van der Waals surface area (Å²) < 4.78 is 18.9. The number of piperazine rings is 1. The van der Waals surface area contributed by atoms with Gasteiger partial charge < -0.3 is 19.9 Å². The molecule has 0 unspecified atom stereocenters. The fourth-order valence-electron chi connectivity index (χ4n) is 2.71. The van der Waals surface area contributed by atoms with E-state index in [1.165, 1.54) is 12.3 Å². The van der Waals surface area contributed by atoms with E-state index < -0.39 is 5.82 Å². The van der Waals surface area contributed by atoms with Crippen molar-refractivity contribution in [3.05, 3.63) is 48.5 Å². The zero-order valence-electron chi connectivity index (χ0n) is 13.4. The van der Waals surface area contributed by atoms with Gasteiger partial charge in [0.05, 0.1) is 24.7 Å². The Morgan fingerprint density at radius 2 is 1.96 bits per heavy atom. The number of benzene rings is 1. The second-order valence-electron chi connectivity index (χ2n) is 5.43. The van der Waals surface area contributed by atoms with Crippen molar-refractivity contribution in [1.82, 2.24) is 9.88 Å². The van der Waals surface area contributed by atoms with Crippen molar-refractivity contribution in [3.63, 3.8) is 0 Å². The molecule has 2 amide bonds. The summed E-state index contributed by atoms with van der Waals surface area (Å²) in [6.07, 6.45) is 2.52. The number of hydrogen-bond donors (Lipinski definition) is 1. The minimum atomic E-state index is -0.543. The van der Waals surface area contributed by atoms with E-state index in [0.717, 1.165) is 17.6 Å². The van der Waals surface area contributed by atoms with Crippen LogP contribution in [0, 0.1) is 5.82 Å². The zero-order chi connectivity index (χ0) is 16.9. The van der Waals surface area contributed by atoms with E-state index in [1.807, 2.05) is 24.3 Å². The number of halogens is 1. The molecule has 1 aromatic carbocycles. The molecule has 1 aliphatic heterocycles. The fraction of sp³-hybridized carbons (Fsp3) is 0.294. The zero-order valence-corrected chi connectivity index (χ0v) is 13.4. The molecule has 2 heterocycles. The number of ether oxygens (including phenoxy) is 1. The lowest BCUT2D eigenvalue weighted by molar-refractivity contribution is 0.208. The number of methoxy groups -OCH3 is 1. The highest BCUT2D eigenvalue weighted by Gasteiger charge is 2.23. The summed E-state index contributed by atoms with van der Waals surface area (Å²) in [6.45, 7) is 2.48. The van der Waals surface area contributed by atoms with Crippen molar-refractivity contribution in [2.75, 3.05) is 43.5 Å². The summed E-state index contributed by atoms with van der Waals surface area (Å²) in [5.41, 5.74) is 1.15. The van der Waals surface area contributed by atoms with Crippen LogP contribution in [0.25, 0.3) is 0 Å². The summed E-state index contributed by atoms with van der Waals surface area (Å²) >= 11 is 0. The number of pyridine rings is 1. The maximum atomic E-state index is 13.6. The van der Waals surface area contributed by atoms with Crippen LogP contribution in [0.4, 0.5) is 20.6 Å². The average Bonchev–Trinajstić information content (AvgIpc) is 2.63. The van der Waals surface area contributed by atoms with Gasteiger partial charge in [0.25, 0.3) is 0 Å². The molecule has 0 spiro atoms. The van der Waals surface area contributed by atoms with Crippen LogP contribution in [0.2, 0.25) is 0 Å². The molecule has 0 aliphatic carbocycles. The van der Waals surface area contributed by atoms with Crippen molar-refractivity contribution >= 4 is 17.4 Å². The Morgan fingerprint density at radius 1 is 1.21 bits per heavy atom. The highest BCUT2D eigenvalue weighted by Crippen LogP contribution is 2.28. The highest BCUT2D eigenvalue weighted by atomic mass is 19.1. The molecule has 6 nitrogen and oxygen atoms in total. The van der Waals surface area contributed by atoms with Gasteiger partial charge in [-0.25, -0.2) is 9.18 Å². The number of nitrogens with one attached hydrogen (secondary N) is 1. The Kier molecular flexibility index (Phi) is 4.79. The van der Waals surface area contributed by atoms with Crippen LogP contribution in [0.1, 0.15) is 0 Å². The molecule has 0 radical (unpaired) electrons. The predicted molar refractivity (Wildman–Crippen MR) is 90.0 cm³/mol. The smallest absolute Gasteiger partial charge is 0.322 e. The second-order valence-corrected chi connectivity index (χ2v) is 5.43. The van der Waals surface area contributed by atoms with Crippen LogP contribution in [-0.2, 0) is 0 Å². The van der Waals surface area contributed by atoms with Gasteiger partial charge in [0.2, 0.25) is 0 Å². The lowest BCUT2D eigenvalue weighted by Crippen LogP contribution is -2.50. The molecule has 0 saturated carbocycles. The number of amides is 2. The Balaban J connectivity index is 1.61. The fourth-order valence-corrected chi connectivity index (χ4v) is 2.71. The van der Waals surface area contributed by atoms with E-state index in [0.29, 0.717) is 26.2 Å². The molecule has 1 aromatic heterocycles. The third-order valence-corrected chi connectivity index (χ3v) is 4.01. The SMILES string of the molecule is COc1ccccc1N1CCN(C(=O)Nc2ccncc2F)CC1. The van der Waals surface area contributed by atoms with Gasteiger partial charge in [-0.3, -0.25) is 4.98 Å². The van der Waals surface area contributed by atoms with Gasteiger partial charge in [0, 0.05) is 32.4 Å². The van der Waals surface area contributed by atoms with E-state index >= 15 is 0 Å². The van der Waals surface area contributed by atoms with Crippen LogP contribution < -0.4 is 15.0 Å². The van der Waals surface area contributed by atoms with Crippen LogP contribution in [0.5, 0.6) is 5.75 Å². The molecule has 1 saturated heterocycles. The quantitative estimate of drug-likeness (QED) is 0.940. The van der Waals surface area contributed by atoms with Crippen molar-refractivity contribution in [2.24, 2.45) is 0 Å². The molecule has 126 valence electrons. The lowest BCUT2D eigenvalue weighted by atomic mass is 10.2. The van der Waals surface area contributed by atoms with Gasteiger partial charge >= 0.3 is 6.03 Å². The first-order valence-corrected chi connectivity index (χ1v) is 7.72. The van der Waals surface area contributed by atoms with Gasteiger partial charge in [-0.15, -0.1) is 0 Å². The van der Waals surface area contributed by atoms with Crippen LogP contribution in [0.3, 0.4) is 0 Å². The molecule has 0 atom stereocenters. The second kappa shape index (κ2) is 7.16. The van der Waals surface area contributed by atoms with Crippen LogP contribution in [-0.4, -0.2) is 49.2 Å². The van der Waals surface area contributed by atoms with Crippen LogP contribution in [0.15, 0.2) is 42.7 Å². The number of carbonyl (C=O) groups excluding carboxylic acids is 1. The number of aromatic nitrogens is 1. The number of rotatable bonds is 3. The van der Waals surface area contributed by atoms with E-state index in [4.69, 9.17) is 4.74 Å². The molecule has 7 heteroatoms. The number of anilines is 2. The standard InChI is InChI=1S/C17H19FN4O2/c1-24-16-5-3-2-4-15(16)21-8-10-22(11-9-21)17(23)20-14-6-7-19-12-13(14)18/h2-7,12H,8-11H2,1H3,(H,19,20,23). The van der Waals surface area contributed by atoms with Gasteiger partial charge in [0.15, 0.2) is 5.82 Å². The van der Waals surface area contributed by atoms with Crippen molar-refractivity contribution in [3.8, 4) is 5.75 Å². The largest absolute Gasteiger partial charge is 0.495 e. The Bertz CT molecular complexity index is 717. The summed E-state index contributed by atoms with van der Waals surface area (Å²) in [4.78, 5) is 19.8. The third-order valence-electron chi connectivity index (χ3n) is 4.01. The van der Waals surface area contributed by atoms with Crippen LogP contribution >= 0.6 is 0 Å². The summed E-state index contributed by atoms with van der Waals surface area (Å²) in [5.74, 6) is 0.271. The van der Waals surface area contributed by atoms with Crippen molar-refractivity contribution in [1.29, 1.82) is 0 Å². The van der Waals surface area contributed by atoms with Crippen molar-refractivity contribution in [2.45, 2.75) is 0 Å². The molecule has 2 aromatic rings. The normalized spacial score (nSPS) is 14.4. The number of urea groups is 1. The summed E-state index contributed by atoms with van der Waals surface area (Å²) in [6, 6.07) is 8.94. The van der Waals surface area contributed by atoms with Gasteiger partial charge in [-0.05, 0) is 18.2 Å². The molecule has 0 bridgehead atoms. The highest BCUT2D eigenvalue weighted by molar-refractivity contribution is 5.89. The van der Waals surface area contributed by atoms with E-state index in [9.17, 15) is 9.18 Å². The predicted octanol–water partition coefficient (Wildman–Crippen LogP) is 2.58. The average molecular weight is 330 g/mol. The number of hydrogen-bond acceptors (Lipinski definition) is 4. The number of nitrogens with zero attached hydrogens (tertiary/aromatic N) is 3. The summed E-state index contributed by atoms with van der Waals surface area (Å²) in [5, 5.41) is 2.59. The minimum Gasteiger partial charge on any atom is -0.495 e. The maximum absolute atomic E-state index is 13.6. The molecular weight excluding hydrogens is 311 g/mol. The van der Waals surface area contributed by atoms with Gasteiger partial charge in [0.1, 0.15) is 5.75 Å².